The molecule has 5 aromatic rings. The summed E-state index contributed by atoms with van der Waals surface area (Å²) in [5, 5.41) is 4.31. The molecule has 0 spiro atoms. The highest BCUT2D eigenvalue weighted by molar-refractivity contribution is 6.33. The van der Waals surface area contributed by atoms with Crippen molar-refractivity contribution in [3.05, 3.63) is 95.4 Å². The van der Waals surface area contributed by atoms with Gasteiger partial charge in [0.25, 0.3) is 0 Å². The van der Waals surface area contributed by atoms with Crippen molar-refractivity contribution in [3.63, 3.8) is 0 Å². The van der Waals surface area contributed by atoms with Crippen LogP contribution in [0.4, 0.5) is 4.39 Å². The molecule has 152 valence electrons. The van der Waals surface area contributed by atoms with Crippen LogP contribution < -0.4 is 0 Å². The van der Waals surface area contributed by atoms with Gasteiger partial charge < -0.3 is 9.51 Å². The Morgan fingerprint density at radius 3 is 2.58 bits per heavy atom. The molecule has 3 aromatic heterocycles. The van der Waals surface area contributed by atoms with Crippen molar-refractivity contribution in [1.29, 1.82) is 0 Å². The minimum absolute atomic E-state index is 0.234. The summed E-state index contributed by atoms with van der Waals surface area (Å²) >= 11 is 6.13. The highest BCUT2D eigenvalue weighted by Crippen LogP contribution is 2.30. The largest absolute Gasteiger partial charge is 0.344 e. The topological polar surface area (TPSA) is 80.5 Å². The Labute approximate surface area is 181 Å². The lowest BCUT2D eigenvalue weighted by Gasteiger charge is -2.02. The molecule has 0 bridgehead atoms. The molecule has 31 heavy (non-hydrogen) atoms. The predicted octanol–water partition coefficient (Wildman–Crippen LogP) is 5.57. The molecule has 0 amide bonds. The second-order valence-corrected chi connectivity index (χ2v) is 7.24. The Hall–Kier alpha value is -3.84. The van der Waals surface area contributed by atoms with Gasteiger partial charge in [0.15, 0.2) is 0 Å². The van der Waals surface area contributed by atoms with Gasteiger partial charge in [0.05, 0.1) is 22.7 Å². The molecule has 0 saturated carbocycles. The number of rotatable bonds is 5. The Balaban J connectivity index is 1.36. The molecule has 0 saturated heterocycles. The Bertz CT molecular complexity index is 1310. The molecule has 2 aromatic carbocycles. The maximum Gasteiger partial charge on any atom is 0.231 e. The Morgan fingerprint density at radius 1 is 0.935 bits per heavy atom. The summed E-state index contributed by atoms with van der Waals surface area (Å²) in [6.07, 6.45) is 3.90. The fourth-order valence-corrected chi connectivity index (χ4v) is 3.45. The summed E-state index contributed by atoms with van der Waals surface area (Å²) in [7, 11) is 0. The molecule has 0 aliphatic heterocycles. The van der Waals surface area contributed by atoms with Crippen molar-refractivity contribution in [1.82, 2.24) is 25.1 Å². The fraction of sp³-hybridized carbons (Fsp3) is 0.0435. The van der Waals surface area contributed by atoms with Gasteiger partial charge in [-0.3, -0.25) is 4.98 Å². The van der Waals surface area contributed by atoms with Crippen LogP contribution in [0.1, 0.15) is 11.5 Å². The number of hydrogen-bond donors (Lipinski definition) is 1. The van der Waals surface area contributed by atoms with Gasteiger partial charge in [-0.15, -0.1) is 0 Å². The van der Waals surface area contributed by atoms with Crippen LogP contribution in [-0.4, -0.2) is 25.1 Å². The summed E-state index contributed by atoms with van der Waals surface area (Å²) < 4.78 is 19.5. The highest BCUT2D eigenvalue weighted by Gasteiger charge is 2.15. The normalized spacial score (nSPS) is 11.0. The number of aromatic nitrogens is 5. The first-order valence-corrected chi connectivity index (χ1v) is 9.88. The van der Waals surface area contributed by atoms with E-state index in [1.165, 1.54) is 6.07 Å². The van der Waals surface area contributed by atoms with E-state index in [-0.39, 0.29) is 10.6 Å². The molecule has 0 aliphatic rings. The predicted molar refractivity (Wildman–Crippen MR) is 115 cm³/mol. The van der Waals surface area contributed by atoms with Gasteiger partial charge in [-0.25, -0.2) is 9.37 Å². The minimum Gasteiger partial charge on any atom is -0.344 e. The molecule has 5 rings (SSSR count). The molecule has 0 radical (unpaired) electrons. The van der Waals surface area contributed by atoms with E-state index in [2.05, 4.69) is 25.1 Å². The third-order valence-corrected chi connectivity index (χ3v) is 5.05. The first-order valence-electron chi connectivity index (χ1n) is 9.50. The molecule has 3 heterocycles. The summed E-state index contributed by atoms with van der Waals surface area (Å²) in [6, 6.07) is 18.0. The van der Waals surface area contributed by atoms with E-state index >= 15 is 0 Å². The van der Waals surface area contributed by atoms with Gasteiger partial charge in [0.1, 0.15) is 17.3 Å². The molecule has 0 aliphatic carbocycles. The van der Waals surface area contributed by atoms with Crippen LogP contribution in [-0.2, 0) is 6.42 Å². The molecule has 8 heteroatoms. The first kappa shape index (κ1) is 19.1. The van der Waals surface area contributed by atoms with Crippen LogP contribution in [0.2, 0.25) is 5.02 Å². The molecule has 0 unspecified atom stereocenters. The molecular formula is C23H15ClFN5O. The number of aromatic amines is 1. The van der Waals surface area contributed by atoms with Crippen LogP contribution in [0.5, 0.6) is 0 Å². The maximum atomic E-state index is 14.1. The van der Waals surface area contributed by atoms with E-state index in [9.17, 15) is 4.39 Å². The van der Waals surface area contributed by atoms with E-state index in [0.717, 1.165) is 11.1 Å². The van der Waals surface area contributed by atoms with Gasteiger partial charge in [-0.2, -0.15) is 4.98 Å². The van der Waals surface area contributed by atoms with Crippen LogP contribution >= 0.6 is 11.6 Å². The zero-order chi connectivity index (χ0) is 21.2. The SMILES string of the molecule is Fc1cccc(Cl)c1-c1nc(-c2ccc(-c3noc(Cc4ccccc4)n3)nc2)c[nH]1. The van der Waals surface area contributed by atoms with Crippen molar-refractivity contribution >= 4 is 11.6 Å². The minimum atomic E-state index is -0.440. The summed E-state index contributed by atoms with van der Waals surface area (Å²) in [4.78, 5) is 16.3. The standard InChI is InChI=1S/C23H15ClFN5O/c24-16-7-4-8-17(25)21(16)23-27-13-19(28-23)15-9-10-18(26-12-15)22-29-20(31-30-22)11-14-5-2-1-3-6-14/h1-10,12-13H,11H2,(H,27,28). The first-order chi connectivity index (χ1) is 15.2. The van der Waals surface area contributed by atoms with E-state index < -0.39 is 5.82 Å². The second kappa shape index (κ2) is 8.12. The van der Waals surface area contributed by atoms with Crippen LogP contribution in [0.25, 0.3) is 34.2 Å². The highest BCUT2D eigenvalue weighted by atomic mass is 35.5. The Kier molecular flexibility index (Phi) is 5.01. The van der Waals surface area contributed by atoms with Crippen LogP contribution in [0, 0.1) is 5.82 Å². The third kappa shape index (κ3) is 3.95. The average Bonchev–Trinajstić information content (AvgIpc) is 3.45. The zero-order valence-electron chi connectivity index (χ0n) is 16.1. The lowest BCUT2D eigenvalue weighted by atomic mass is 10.1. The average molecular weight is 432 g/mol. The van der Waals surface area contributed by atoms with Crippen molar-refractivity contribution in [2.75, 3.05) is 0 Å². The smallest absolute Gasteiger partial charge is 0.231 e. The molecule has 0 fully saturated rings. The quantitative estimate of drug-likeness (QED) is 0.393. The van der Waals surface area contributed by atoms with Crippen molar-refractivity contribution in [3.8, 4) is 34.2 Å². The molecule has 6 nitrogen and oxygen atoms in total. The summed E-state index contributed by atoms with van der Waals surface area (Å²) in [5.74, 6) is 0.848. The van der Waals surface area contributed by atoms with Gasteiger partial charge in [-0.05, 0) is 29.8 Å². The number of pyridine rings is 1. The summed E-state index contributed by atoms with van der Waals surface area (Å²) in [5.41, 5.74) is 3.28. The van der Waals surface area contributed by atoms with Gasteiger partial charge in [0, 0.05) is 18.0 Å². The zero-order valence-corrected chi connectivity index (χ0v) is 16.8. The number of H-pyrrole nitrogens is 1. The van der Waals surface area contributed by atoms with Gasteiger partial charge >= 0.3 is 0 Å². The Morgan fingerprint density at radius 2 is 1.81 bits per heavy atom. The van der Waals surface area contributed by atoms with Crippen molar-refractivity contribution in [2.24, 2.45) is 0 Å². The number of hydrogen-bond acceptors (Lipinski definition) is 5. The molecule has 0 atom stereocenters. The number of nitrogens with zero attached hydrogens (tertiary/aromatic N) is 4. The lowest BCUT2D eigenvalue weighted by Crippen LogP contribution is -1.90. The van der Waals surface area contributed by atoms with Gasteiger partial charge in [-0.1, -0.05) is 53.2 Å². The lowest BCUT2D eigenvalue weighted by molar-refractivity contribution is 0.385. The maximum absolute atomic E-state index is 14.1. The van der Waals surface area contributed by atoms with Crippen LogP contribution in [0.15, 0.2) is 77.6 Å². The number of halogens is 2. The van der Waals surface area contributed by atoms with E-state index in [1.54, 1.807) is 30.6 Å². The fourth-order valence-electron chi connectivity index (χ4n) is 3.20. The van der Waals surface area contributed by atoms with Crippen molar-refractivity contribution < 1.29 is 8.91 Å². The number of nitrogens with one attached hydrogen (secondary N) is 1. The molecular weight excluding hydrogens is 417 g/mol. The third-order valence-electron chi connectivity index (χ3n) is 4.73. The van der Waals surface area contributed by atoms with Crippen LogP contribution in [0.3, 0.4) is 0 Å². The monoisotopic (exact) mass is 431 g/mol. The van der Waals surface area contributed by atoms with E-state index in [1.807, 2.05) is 36.4 Å². The summed E-state index contributed by atoms with van der Waals surface area (Å²) in [6.45, 7) is 0. The second-order valence-electron chi connectivity index (χ2n) is 6.84. The molecule has 1 N–H and O–H groups in total. The van der Waals surface area contributed by atoms with Gasteiger partial charge in [0.2, 0.25) is 11.7 Å². The number of benzene rings is 2. The van der Waals surface area contributed by atoms with Crippen molar-refractivity contribution in [2.45, 2.75) is 6.42 Å². The number of imidazole rings is 1. The van der Waals surface area contributed by atoms with E-state index in [4.69, 9.17) is 16.1 Å². The van der Waals surface area contributed by atoms with E-state index in [0.29, 0.717) is 35.3 Å².